The highest BCUT2D eigenvalue weighted by Crippen LogP contribution is 2.18. The van der Waals surface area contributed by atoms with Crippen LogP contribution in [0.4, 0.5) is 0 Å². The first-order chi connectivity index (χ1) is 14.7. The number of benzene rings is 2. The quantitative estimate of drug-likeness (QED) is 0.367. The number of imidazole rings is 1. The molecule has 0 atom stereocenters. The Morgan fingerprint density at radius 2 is 2.00 bits per heavy atom. The van der Waals surface area contributed by atoms with E-state index in [1.165, 1.54) is 5.56 Å². The van der Waals surface area contributed by atoms with Crippen molar-refractivity contribution in [2.45, 2.75) is 46.1 Å². The Morgan fingerprint density at radius 1 is 1.13 bits per heavy atom. The largest absolute Gasteiger partial charge is 0.492 e. The summed E-state index contributed by atoms with van der Waals surface area (Å²) in [6.07, 6.45) is 7.30. The van der Waals surface area contributed by atoms with E-state index in [4.69, 9.17) is 9.72 Å². The molecule has 0 aliphatic carbocycles. The topological polar surface area (TPSA) is 56.2 Å². The van der Waals surface area contributed by atoms with E-state index in [9.17, 15) is 4.79 Å². The molecule has 5 nitrogen and oxygen atoms in total. The lowest BCUT2D eigenvalue weighted by Crippen LogP contribution is -2.22. The molecule has 0 radical (unpaired) electrons. The molecular weight excluding hydrogens is 374 g/mol. The Kier molecular flexibility index (Phi) is 8.07. The lowest BCUT2D eigenvalue weighted by atomic mass is 10.2. The van der Waals surface area contributed by atoms with E-state index in [2.05, 4.69) is 47.1 Å². The molecule has 0 aliphatic heterocycles. The van der Waals surface area contributed by atoms with Gasteiger partial charge in [0.1, 0.15) is 18.2 Å². The van der Waals surface area contributed by atoms with E-state index in [1.54, 1.807) is 12.2 Å². The van der Waals surface area contributed by atoms with Crippen molar-refractivity contribution in [2.75, 3.05) is 13.2 Å². The van der Waals surface area contributed by atoms with Crippen molar-refractivity contribution < 1.29 is 9.53 Å². The third kappa shape index (κ3) is 6.21. The fourth-order valence-corrected chi connectivity index (χ4v) is 3.53. The number of nitrogens with zero attached hydrogens (tertiary/aromatic N) is 2. The number of aromatic nitrogens is 2. The SMILES string of the molecule is C/C=C/C(=O)NCCCCCc1nc2ccccc2n1CCOc1cccc(C)c1. The number of fused-ring (bicyclic) bond motifs is 1. The number of hydrogen-bond donors (Lipinski definition) is 1. The van der Waals surface area contributed by atoms with Gasteiger partial charge in [0.15, 0.2) is 0 Å². The molecule has 2 aromatic carbocycles. The molecule has 1 amide bonds. The molecule has 158 valence electrons. The number of nitrogens with one attached hydrogen (secondary N) is 1. The van der Waals surface area contributed by atoms with Crippen LogP contribution in [0.25, 0.3) is 11.0 Å². The summed E-state index contributed by atoms with van der Waals surface area (Å²) >= 11 is 0. The highest BCUT2D eigenvalue weighted by atomic mass is 16.5. The number of para-hydroxylation sites is 2. The molecule has 0 aliphatic rings. The van der Waals surface area contributed by atoms with Gasteiger partial charge in [0, 0.05) is 13.0 Å². The molecule has 0 bridgehead atoms. The lowest BCUT2D eigenvalue weighted by Gasteiger charge is -2.11. The Bertz CT molecular complexity index is 991. The molecule has 1 heterocycles. The molecule has 5 heteroatoms. The summed E-state index contributed by atoms with van der Waals surface area (Å²) in [5, 5.41) is 2.90. The summed E-state index contributed by atoms with van der Waals surface area (Å²) < 4.78 is 8.25. The third-order valence-electron chi connectivity index (χ3n) is 5.00. The second-order valence-corrected chi connectivity index (χ2v) is 7.44. The minimum Gasteiger partial charge on any atom is -0.492 e. The number of unbranched alkanes of at least 4 members (excludes halogenated alkanes) is 2. The van der Waals surface area contributed by atoms with Crippen LogP contribution >= 0.6 is 0 Å². The number of rotatable bonds is 11. The maximum Gasteiger partial charge on any atom is 0.243 e. The van der Waals surface area contributed by atoms with E-state index in [0.29, 0.717) is 13.2 Å². The monoisotopic (exact) mass is 405 g/mol. The average molecular weight is 406 g/mol. The van der Waals surface area contributed by atoms with Crippen LogP contribution in [0, 0.1) is 6.92 Å². The number of ether oxygens (including phenoxy) is 1. The Morgan fingerprint density at radius 3 is 2.83 bits per heavy atom. The Labute approximate surface area is 178 Å². The van der Waals surface area contributed by atoms with Crippen LogP contribution in [-0.4, -0.2) is 28.6 Å². The van der Waals surface area contributed by atoms with Crippen LogP contribution in [0.3, 0.4) is 0 Å². The van der Waals surface area contributed by atoms with Crippen molar-refractivity contribution in [1.82, 2.24) is 14.9 Å². The first-order valence-corrected chi connectivity index (χ1v) is 10.7. The normalized spacial score (nSPS) is 11.3. The first-order valence-electron chi connectivity index (χ1n) is 10.7. The van der Waals surface area contributed by atoms with Crippen LogP contribution in [0.15, 0.2) is 60.7 Å². The second-order valence-electron chi connectivity index (χ2n) is 7.44. The van der Waals surface area contributed by atoms with Gasteiger partial charge < -0.3 is 14.6 Å². The van der Waals surface area contributed by atoms with Gasteiger partial charge in [0.25, 0.3) is 0 Å². The third-order valence-corrected chi connectivity index (χ3v) is 5.00. The summed E-state index contributed by atoms with van der Waals surface area (Å²) in [5.74, 6) is 1.98. The van der Waals surface area contributed by atoms with Crippen molar-refractivity contribution in [3.63, 3.8) is 0 Å². The van der Waals surface area contributed by atoms with E-state index in [0.717, 1.165) is 54.8 Å². The predicted octanol–water partition coefficient (Wildman–Crippen LogP) is 4.83. The number of carbonyl (C=O) groups excluding carboxylic acids is 1. The van der Waals surface area contributed by atoms with Crippen LogP contribution in [0.2, 0.25) is 0 Å². The molecule has 3 aromatic rings. The molecule has 30 heavy (non-hydrogen) atoms. The summed E-state index contributed by atoms with van der Waals surface area (Å²) in [6.45, 7) is 6.00. The van der Waals surface area contributed by atoms with Crippen LogP contribution in [0.1, 0.15) is 37.6 Å². The molecular formula is C25H31N3O2. The number of amides is 1. The van der Waals surface area contributed by atoms with E-state index >= 15 is 0 Å². The van der Waals surface area contributed by atoms with E-state index in [1.807, 2.05) is 25.1 Å². The standard InChI is InChI=1S/C25H31N3O2/c1-3-10-25(29)26-16-8-4-5-15-24-27-22-13-6-7-14-23(22)28(24)17-18-30-21-12-9-11-20(2)19-21/h3,6-7,9-14,19H,4-5,8,15-18H2,1-2H3,(H,26,29)/b10-3+. The Balaban J connectivity index is 1.54. The van der Waals surface area contributed by atoms with E-state index < -0.39 is 0 Å². The molecule has 1 N–H and O–H groups in total. The number of aryl methyl sites for hydroxylation is 2. The van der Waals surface area contributed by atoms with Gasteiger partial charge in [-0.15, -0.1) is 0 Å². The molecule has 0 fully saturated rings. The van der Waals surface area contributed by atoms with Crippen molar-refractivity contribution in [2.24, 2.45) is 0 Å². The number of carbonyl (C=O) groups is 1. The summed E-state index contributed by atoms with van der Waals surface area (Å²) in [4.78, 5) is 16.3. The fourth-order valence-electron chi connectivity index (χ4n) is 3.53. The molecule has 3 rings (SSSR count). The van der Waals surface area contributed by atoms with Crippen LogP contribution < -0.4 is 10.1 Å². The maximum absolute atomic E-state index is 11.4. The molecule has 0 spiro atoms. The molecule has 0 saturated heterocycles. The molecule has 0 unspecified atom stereocenters. The van der Waals surface area contributed by atoms with Gasteiger partial charge in [-0.2, -0.15) is 0 Å². The summed E-state index contributed by atoms with van der Waals surface area (Å²) in [6, 6.07) is 16.4. The van der Waals surface area contributed by atoms with Crippen molar-refractivity contribution in [3.8, 4) is 5.75 Å². The second kappa shape index (κ2) is 11.2. The van der Waals surface area contributed by atoms with Gasteiger partial charge >= 0.3 is 0 Å². The van der Waals surface area contributed by atoms with Gasteiger partial charge in [0.2, 0.25) is 5.91 Å². The average Bonchev–Trinajstić information content (AvgIpc) is 3.08. The molecule has 0 saturated carbocycles. The van der Waals surface area contributed by atoms with Crippen molar-refractivity contribution in [3.05, 3.63) is 72.1 Å². The molecule has 1 aromatic heterocycles. The first kappa shape index (κ1) is 21.6. The van der Waals surface area contributed by atoms with Crippen molar-refractivity contribution >= 4 is 16.9 Å². The minimum atomic E-state index is -0.0205. The predicted molar refractivity (Wildman–Crippen MR) is 122 cm³/mol. The number of allylic oxidation sites excluding steroid dienone is 1. The zero-order valence-corrected chi connectivity index (χ0v) is 17.9. The minimum absolute atomic E-state index is 0.0205. The van der Waals surface area contributed by atoms with Gasteiger partial charge in [-0.1, -0.05) is 36.8 Å². The Hall–Kier alpha value is -3.08. The fraction of sp³-hybridized carbons (Fsp3) is 0.360. The summed E-state index contributed by atoms with van der Waals surface area (Å²) in [7, 11) is 0. The highest BCUT2D eigenvalue weighted by molar-refractivity contribution is 5.87. The van der Waals surface area contributed by atoms with Crippen LogP contribution in [-0.2, 0) is 17.8 Å². The summed E-state index contributed by atoms with van der Waals surface area (Å²) in [5.41, 5.74) is 3.38. The lowest BCUT2D eigenvalue weighted by molar-refractivity contribution is -0.116. The van der Waals surface area contributed by atoms with Crippen LogP contribution in [0.5, 0.6) is 5.75 Å². The van der Waals surface area contributed by atoms with Gasteiger partial charge in [-0.25, -0.2) is 4.98 Å². The zero-order valence-electron chi connectivity index (χ0n) is 17.9. The van der Waals surface area contributed by atoms with Gasteiger partial charge in [-0.05, 0) is 62.6 Å². The number of hydrogen-bond acceptors (Lipinski definition) is 3. The highest BCUT2D eigenvalue weighted by Gasteiger charge is 2.10. The zero-order chi connectivity index (χ0) is 21.2. The smallest absolute Gasteiger partial charge is 0.243 e. The maximum atomic E-state index is 11.4. The van der Waals surface area contributed by atoms with Crippen molar-refractivity contribution in [1.29, 1.82) is 0 Å². The van der Waals surface area contributed by atoms with Gasteiger partial charge in [-0.3, -0.25) is 4.79 Å². The van der Waals surface area contributed by atoms with Gasteiger partial charge in [0.05, 0.1) is 17.6 Å². The van der Waals surface area contributed by atoms with E-state index in [-0.39, 0.29) is 5.91 Å².